The topological polar surface area (TPSA) is 64.3 Å². The van der Waals surface area contributed by atoms with E-state index in [1.807, 2.05) is 44.4 Å². The molecule has 24 heavy (non-hydrogen) atoms. The van der Waals surface area contributed by atoms with Crippen molar-refractivity contribution >= 4 is 11.6 Å². The van der Waals surface area contributed by atoms with E-state index in [2.05, 4.69) is 20.9 Å². The summed E-state index contributed by atoms with van der Waals surface area (Å²) in [5, 5.41) is 0.495. The van der Waals surface area contributed by atoms with Crippen molar-refractivity contribution in [2.24, 2.45) is 5.73 Å². The van der Waals surface area contributed by atoms with Gasteiger partial charge in [0.1, 0.15) is 5.15 Å². The Bertz CT molecular complexity index is 660. The fraction of sp³-hybridized carbons (Fsp3) is 0.444. The minimum absolute atomic E-state index is 0.0731. The fourth-order valence-electron chi connectivity index (χ4n) is 3.08. The molecule has 0 amide bonds. The zero-order valence-corrected chi connectivity index (χ0v) is 14.8. The molecule has 1 saturated heterocycles. The summed E-state index contributed by atoms with van der Waals surface area (Å²) in [5.41, 5.74) is 8.30. The lowest BCUT2D eigenvalue weighted by Gasteiger charge is -2.28. The first kappa shape index (κ1) is 17.1. The van der Waals surface area contributed by atoms with Crippen molar-refractivity contribution in [1.82, 2.24) is 14.9 Å². The van der Waals surface area contributed by atoms with Crippen LogP contribution in [0.4, 0.5) is 0 Å². The first-order valence-electron chi connectivity index (χ1n) is 8.26. The average Bonchev–Trinajstić information content (AvgIpc) is 2.97. The summed E-state index contributed by atoms with van der Waals surface area (Å²) in [6.07, 6.45) is 4.81. The van der Waals surface area contributed by atoms with Gasteiger partial charge in [0.15, 0.2) is 0 Å². The van der Waals surface area contributed by atoms with Crippen molar-refractivity contribution in [2.45, 2.75) is 38.5 Å². The maximum absolute atomic E-state index is 6.11. The summed E-state index contributed by atoms with van der Waals surface area (Å²) in [7, 11) is 0. The Morgan fingerprint density at radius 1 is 1.17 bits per heavy atom. The molecule has 0 aromatic carbocycles. The first-order valence-corrected chi connectivity index (χ1v) is 8.64. The molecule has 0 spiro atoms. The van der Waals surface area contributed by atoms with Gasteiger partial charge in [-0.3, -0.25) is 4.90 Å². The van der Waals surface area contributed by atoms with E-state index in [9.17, 15) is 0 Å². The summed E-state index contributed by atoms with van der Waals surface area (Å²) in [5.74, 6) is 0.639. The molecule has 0 saturated carbocycles. The molecule has 1 aliphatic rings. The highest BCUT2D eigenvalue weighted by atomic mass is 35.5. The molecule has 0 bridgehead atoms. The third-order valence-corrected chi connectivity index (χ3v) is 4.34. The highest BCUT2D eigenvalue weighted by Crippen LogP contribution is 2.31. The molecule has 5 nitrogen and oxygen atoms in total. The third kappa shape index (κ3) is 4.04. The van der Waals surface area contributed by atoms with E-state index in [4.69, 9.17) is 22.1 Å². The van der Waals surface area contributed by atoms with Crippen LogP contribution in [0.5, 0.6) is 5.88 Å². The second-order valence-electron chi connectivity index (χ2n) is 6.46. The lowest BCUT2D eigenvalue weighted by Crippen LogP contribution is -2.31. The van der Waals surface area contributed by atoms with Crippen LogP contribution in [0.3, 0.4) is 0 Å². The Morgan fingerprint density at radius 2 is 1.88 bits per heavy atom. The van der Waals surface area contributed by atoms with E-state index < -0.39 is 0 Å². The molecule has 2 aromatic rings. The number of nitrogens with zero attached hydrogens (tertiary/aromatic N) is 3. The van der Waals surface area contributed by atoms with E-state index in [1.165, 1.54) is 0 Å². The SMILES string of the molecule is CC(C)Oc1ccc(C(c2ccc(Cl)nc2)N2CC[C@@H](N)C2)cn1. The van der Waals surface area contributed by atoms with Crippen molar-refractivity contribution in [2.75, 3.05) is 13.1 Å². The van der Waals surface area contributed by atoms with E-state index in [1.54, 1.807) is 0 Å². The van der Waals surface area contributed by atoms with Crippen molar-refractivity contribution in [3.05, 3.63) is 52.9 Å². The van der Waals surface area contributed by atoms with Gasteiger partial charge in [-0.05, 0) is 37.5 Å². The maximum Gasteiger partial charge on any atom is 0.213 e. The molecule has 1 unspecified atom stereocenters. The fourth-order valence-corrected chi connectivity index (χ4v) is 3.19. The quantitative estimate of drug-likeness (QED) is 0.843. The lowest BCUT2D eigenvalue weighted by atomic mass is 10.0. The van der Waals surface area contributed by atoms with Crippen LogP contribution in [0, 0.1) is 0 Å². The average molecular weight is 347 g/mol. The van der Waals surface area contributed by atoms with E-state index >= 15 is 0 Å². The largest absolute Gasteiger partial charge is 0.475 e. The van der Waals surface area contributed by atoms with Crippen LogP contribution in [0.2, 0.25) is 5.15 Å². The molecule has 0 aliphatic carbocycles. The normalized spacial score (nSPS) is 19.6. The predicted molar refractivity (Wildman–Crippen MR) is 95.3 cm³/mol. The van der Waals surface area contributed by atoms with Crippen LogP contribution >= 0.6 is 11.6 Å². The van der Waals surface area contributed by atoms with Gasteiger partial charge in [-0.25, -0.2) is 9.97 Å². The maximum atomic E-state index is 6.11. The van der Waals surface area contributed by atoms with Crippen LogP contribution in [0.1, 0.15) is 37.4 Å². The Hall–Kier alpha value is -1.69. The van der Waals surface area contributed by atoms with Crippen LogP contribution in [0.15, 0.2) is 36.7 Å². The monoisotopic (exact) mass is 346 g/mol. The predicted octanol–water partition coefficient (Wildman–Crippen LogP) is 3.04. The van der Waals surface area contributed by atoms with Gasteiger partial charge in [-0.2, -0.15) is 0 Å². The van der Waals surface area contributed by atoms with Crippen LogP contribution < -0.4 is 10.5 Å². The number of nitrogens with two attached hydrogens (primary N) is 1. The molecule has 2 N–H and O–H groups in total. The van der Waals surface area contributed by atoms with Gasteiger partial charge < -0.3 is 10.5 Å². The van der Waals surface area contributed by atoms with Crippen molar-refractivity contribution in [3.63, 3.8) is 0 Å². The Kier molecular flexibility index (Phi) is 5.33. The van der Waals surface area contributed by atoms with Gasteiger partial charge in [0.25, 0.3) is 0 Å². The van der Waals surface area contributed by atoms with Crippen LogP contribution in [-0.2, 0) is 0 Å². The molecule has 0 radical (unpaired) electrons. The van der Waals surface area contributed by atoms with Gasteiger partial charge in [0.05, 0.1) is 12.1 Å². The second kappa shape index (κ2) is 7.47. The zero-order chi connectivity index (χ0) is 17.1. The smallest absolute Gasteiger partial charge is 0.213 e. The summed E-state index contributed by atoms with van der Waals surface area (Å²) >= 11 is 5.94. The minimum Gasteiger partial charge on any atom is -0.475 e. The second-order valence-corrected chi connectivity index (χ2v) is 6.84. The van der Waals surface area contributed by atoms with Crippen molar-refractivity contribution in [3.8, 4) is 5.88 Å². The Labute approximate surface area is 147 Å². The van der Waals surface area contributed by atoms with Crippen molar-refractivity contribution < 1.29 is 4.74 Å². The minimum atomic E-state index is 0.0731. The summed E-state index contributed by atoms with van der Waals surface area (Å²) in [4.78, 5) is 11.1. The summed E-state index contributed by atoms with van der Waals surface area (Å²) in [6.45, 7) is 5.79. The number of pyridine rings is 2. The standard InChI is InChI=1S/C18H23ClN4O/c1-12(2)24-17-6-4-14(10-22-17)18(23-8-7-15(20)11-23)13-3-5-16(19)21-9-13/h3-6,9-10,12,15,18H,7-8,11,20H2,1-2H3/t15-,18?/m1/s1. The van der Waals surface area contributed by atoms with Crippen LogP contribution in [0.25, 0.3) is 0 Å². The highest BCUT2D eigenvalue weighted by Gasteiger charge is 2.29. The number of hydrogen-bond acceptors (Lipinski definition) is 5. The first-order chi connectivity index (χ1) is 11.5. The number of ether oxygens (including phenoxy) is 1. The Balaban J connectivity index is 1.90. The molecule has 1 aliphatic heterocycles. The number of aromatic nitrogens is 2. The molecule has 2 aromatic heterocycles. The molecule has 2 atom stereocenters. The molecular formula is C18H23ClN4O. The summed E-state index contributed by atoms with van der Waals surface area (Å²) in [6, 6.07) is 8.11. The zero-order valence-electron chi connectivity index (χ0n) is 14.0. The molecule has 6 heteroatoms. The van der Waals surface area contributed by atoms with Gasteiger partial charge in [0, 0.05) is 37.6 Å². The highest BCUT2D eigenvalue weighted by molar-refractivity contribution is 6.29. The number of rotatable bonds is 5. The molecular weight excluding hydrogens is 324 g/mol. The van der Waals surface area contributed by atoms with Gasteiger partial charge >= 0.3 is 0 Å². The van der Waals surface area contributed by atoms with Crippen molar-refractivity contribution in [1.29, 1.82) is 0 Å². The molecule has 3 rings (SSSR count). The van der Waals surface area contributed by atoms with Gasteiger partial charge in [-0.1, -0.05) is 23.7 Å². The third-order valence-electron chi connectivity index (χ3n) is 4.12. The molecule has 128 valence electrons. The number of likely N-dealkylation sites (tertiary alicyclic amines) is 1. The molecule has 3 heterocycles. The molecule has 1 fully saturated rings. The van der Waals surface area contributed by atoms with Gasteiger partial charge in [-0.15, -0.1) is 0 Å². The van der Waals surface area contributed by atoms with Crippen LogP contribution in [-0.4, -0.2) is 40.1 Å². The van der Waals surface area contributed by atoms with E-state index in [0.717, 1.165) is 30.6 Å². The van der Waals surface area contributed by atoms with E-state index in [0.29, 0.717) is 11.0 Å². The number of hydrogen-bond donors (Lipinski definition) is 1. The van der Waals surface area contributed by atoms with Gasteiger partial charge in [0.2, 0.25) is 5.88 Å². The lowest BCUT2D eigenvalue weighted by molar-refractivity contribution is 0.231. The number of halogens is 1. The Morgan fingerprint density at radius 3 is 2.38 bits per heavy atom. The summed E-state index contributed by atoms with van der Waals surface area (Å²) < 4.78 is 5.64. The van der Waals surface area contributed by atoms with E-state index in [-0.39, 0.29) is 18.2 Å².